The average molecular weight is 264 g/mol. The van der Waals surface area contributed by atoms with Gasteiger partial charge in [0.25, 0.3) is 0 Å². The van der Waals surface area contributed by atoms with E-state index in [-0.39, 0.29) is 18.0 Å². The van der Waals surface area contributed by atoms with Crippen molar-refractivity contribution in [1.29, 1.82) is 0 Å². The topological polar surface area (TPSA) is 81.6 Å². The van der Waals surface area contributed by atoms with Crippen molar-refractivity contribution in [2.24, 2.45) is 0 Å². The molecule has 1 unspecified atom stereocenters. The molecule has 1 aromatic carbocycles. The molecule has 0 saturated heterocycles. The zero-order valence-corrected chi connectivity index (χ0v) is 11.6. The van der Waals surface area contributed by atoms with Gasteiger partial charge in [0.1, 0.15) is 0 Å². The van der Waals surface area contributed by atoms with E-state index in [0.29, 0.717) is 12.0 Å². The number of hydrogen-bond acceptors (Lipinski definition) is 4. The Kier molecular flexibility index (Phi) is 6.01. The van der Waals surface area contributed by atoms with Gasteiger partial charge in [-0.15, -0.1) is 0 Å². The Balaban J connectivity index is 2.45. The average Bonchev–Trinajstić information content (AvgIpc) is 2.35. The van der Waals surface area contributed by atoms with Gasteiger partial charge < -0.3 is 20.7 Å². The highest BCUT2D eigenvalue weighted by molar-refractivity contribution is 6.58. The molecule has 0 aliphatic heterocycles. The van der Waals surface area contributed by atoms with Crippen LogP contribution in [0.4, 0.5) is 0 Å². The fourth-order valence-electron chi connectivity index (χ4n) is 1.58. The van der Waals surface area contributed by atoms with Gasteiger partial charge >= 0.3 is 7.12 Å². The molecule has 0 aliphatic rings. The summed E-state index contributed by atoms with van der Waals surface area (Å²) in [5.74, 6) is -0.0302. The van der Waals surface area contributed by atoms with Crippen molar-refractivity contribution in [3.05, 3.63) is 29.8 Å². The molecule has 0 radical (unpaired) electrons. The Morgan fingerprint density at radius 1 is 1.21 bits per heavy atom. The Bertz CT molecular complexity index is 407. The van der Waals surface area contributed by atoms with Gasteiger partial charge in [-0.1, -0.05) is 24.3 Å². The third kappa shape index (κ3) is 5.42. The monoisotopic (exact) mass is 264 g/mol. The summed E-state index contributed by atoms with van der Waals surface area (Å²) in [4.78, 5) is 11.7. The highest BCUT2D eigenvalue weighted by Gasteiger charge is 2.13. The minimum atomic E-state index is -1.45. The quantitative estimate of drug-likeness (QED) is 0.516. The van der Waals surface area contributed by atoms with E-state index in [1.165, 1.54) is 0 Å². The summed E-state index contributed by atoms with van der Waals surface area (Å²) in [5, 5.41) is 23.9. The van der Waals surface area contributed by atoms with Crippen molar-refractivity contribution in [2.75, 3.05) is 0 Å². The van der Waals surface area contributed by atoms with Gasteiger partial charge in [0.15, 0.2) is 0 Å². The number of carbonyl (C=O) groups excluding carboxylic acids is 1. The maximum absolute atomic E-state index is 11.7. The molecule has 0 fully saturated rings. The van der Waals surface area contributed by atoms with Crippen LogP contribution in [0.2, 0.25) is 0 Å². The largest absolute Gasteiger partial charge is 0.488 e. The van der Waals surface area contributed by atoms with E-state index in [4.69, 9.17) is 10.0 Å². The van der Waals surface area contributed by atoms with E-state index in [1.807, 2.05) is 20.8 Å². The SMILES string of the molecule is CC(C)NC(=O)C(C)NCc1ccc(B(O)O)cc1. The lowest BCUT2D eigenvalue weighted by molar-refractivity contribution is -0.123. The van der Waals surface area contributed by atoms with Crippen LogP contribution < -0.4 is 16.1 Å². The van der Waals surface area contributed by atoms with Crippen LogP contribution in [0.15, 0.2) is 24.3 Å². The predicted molar refractivity (Wildman–Crippen MR) is 75.8 cm³/mol. The van der Waals surface area contributed by atoms with Gasteiger partial charge in [-0.2, -0.15) is 0 Å². The van der Waals surface area contributed by atoms with E-state index < -0.39 is 7.12 Å². The van der Waals surface area contributed by atoms with Crippen LogP contribution in [0, 0.1) is 0 Å². The Morgan fingerprint density at radius 3 is 2.26 bits per heavy atom. The molecule has 5 nitrogen and oxygen atoms in total. The first-order chi connectivity index (χ1) is 8.90. The maximum Gasteiger partial charge on any atom is 0.488 e. The van der Waals surface area contributed by atoms with Crippen molar-refractivity contribution in [3.63, 3.8) is 0 Å². The minimum Gasteiger partial charge on any atom is -0.423 e. The van der Waals surface area contributed by atoms with Crippen LogP contribution in [-0.4, -0.2) is 35.2 Å². The standard InChI is InChI=1S/C13H21BN2O3/c1-9(2)16-13(17)10(3)15-8-11-4-6-12(7-5-11)14(18)19/h4-7,9-10,15,18-19H,8H2,1-3H3,(H,16,17). The molecular weight excluding hydrogens is 243 g/mol. The Labute approximate surface area is 114 Å². The normalized spacial score (nSPS) is 12.3. The molecule has 1 aromatic rings. The number of nitrogens with one attached hydrogen (secondary N) is 2. The summed E-state index contributed by atoms with van der Waals surface area (Å²) in [6.07, 6.45) is 0. The van der Waals surface area contributed by atoms with Crippen LogP contribution in [0.1, 0.15) is 26.3 Å². The highest BCUT2D eigenvalue weighted by atomic mass is 16.4. The van der Waals surface area contributed by atoms with E-state index in [9.17, 15) is 4.79 Å². The summed E-state index contributed by atoms with van der Waals surface area (Å²) in [6, 6.07) is 6.76. The third-order valence-corrected chi connectivity index (χ3v) is 2.71. The van der Waals surface area contributed by atoms with Crippen molar-refractivity contribution in [3.8, 4) is 0 Å². The number of benzene rings is 1. The molecule has 1 amide bonds. The smallest absolute Gasteiger partial charge is 0.423 e. The van der Waals surface area contributed by atoms with E-state index in [0.717, 1.165) is 5.56 Å². The summed E-state index contributed by atoms with van der Waals surface area (Å²) >= 11 is 0. The molecule has 0 bridgehead atoms. The molecule has 0 aromatic heterocycles. The Morgan fingerprint density at radius 2 is 1.79 bits per heavy atom. The van der Waals surface area contributed by atoms with Crippen molar-refractivity contribution in [1.82, 2.24) is 10.6 Å². The van der Waals surface area contributed by atoms with E-state index in [2.05, 4.69) is 10.6 Å². The highest BCUT2D eigenvalue weighted by Crippen LogP contribution is 1.98. The van der Waals surface area contributed by atoms with Gasteiger partial charge in [-0.25, -0.2) is 0 Å². The molecule has 0 saturated carbocycles. The summed E-state index contributed by atoms with van der Waals surface area (Å²) < 4.78 is 0. The molecule has 4 N–H and O–H groups in total. The summed E-state index contributed by atoms with van der Waals surface area (Å²) in [6.45, 7) is 6.20. The lowest BCUT2D eigenvalue weighted by Crippen LogP contribution is -2.44. The lowest BCUT2D eigenvalue weighted by Gasteiger charge is -2.16. The fourth-order valence-corrected chi connectivity index (χ4v) is 1.58. The summed E-state index contributed by atoms with van der Waals surface area (Å²) in [5.41, 5.74) is 1.43. The van der Waals surface area contributed by atoms with E-state index in [1.54, 1.807) is 24.3 Å². The zero-order chi connectivity index (χ0) is 14.4. The maximum atomic E-state index is 11.7. The van der Waals surface area contributed by atoms with Gasteiger partial charge in [0.2, 0.25) is 5.91 Å². The second-order valence-corrected chi connectivity index (χ2v) is 4.88. The second-order valence-electron chi connectivity index (χ2n) is 4.88. The Hall–Kier alpha value is -1.37. The van der Waals surface area contributed by atoms with Crippen LogP contribution in [-0.2, 0) is 11.3 Å². The molecule has 19 heavy (non-hydrogen) atoms. The van der Waals surface area contributed by atoms with Gasteiger partial charge in [0.05, 0.1) is 6.04 Å². The third-order valence-electron chi connectivity index (χ3n) is 2.71. The van der Waals surface area contributed by atoms with Gasteiger partial charge in [0, 0.05) is 12.6 Å². The first-order valence-electron chi connectivity index (χ1n) is 6.39. The molecule has 1 rings (SSSR count). The lowest BCUT2D eigenvalue weighted by atomic mass is 9.80. The second kappa shape index (κ2) is 7.28. The molecule has 0 heterocycles. The van der Waals surface area contributed by atoms with E-state index >= 15 is 0 Å². The predicted octanol–water partition coefficient (Wildman–Crippen LogP) is -0.631. The number of hydrogen-bond donors (Lipinski definition) is 4. The molecule has 6 heteroatoms. The first kappa shape index (κ1) is 15.7. The van der Waals surface area contributed by atoms with Gasteiger partial charge in [-0.3, -0.25) is 4.79 Å². The summed E-state index contributed by atoms with van der Waals surface area (Å²) in [7, 11) is -1.45. The zero-order valence-electron chi connectivity index (χ0n) is 11.6. The first-order valence-corrected chi connectivity index (χ1v) is 6.39. The number of rotatable bonds is 6. The van der Waals surface area contributed by atoms with Crippen molar-refractivity contribution < 1.29 is 14.8 Å². The molecular formula is C13H21BN2O3. The molecule has 0 aliphatic carbocycles. The molecule has 0 spiro atoms. The van der Waals surface area contributed by atoms with Gasteiger partial charge in [-0.05, 0) is 31.8 Å². The van der Waals surface area contributed by atoms with Crippen LogP contribution in [0.25, 0.3) is 0 Å². The minimum absolute atomic E-state index is 0.0302. The van der Waals surface area contributed by atoms with Crippen LogP contribution in [0.5, 0.6) is 0 Å². The van der Waals surface area contributed by atoms with Crippen molar-refractivity contribution >= 4 is 18.5 Å². The fraction of sp³-hybridized carbons (Fsp3) is 0.462. The van der Waals surface area contributed by atoms with Crippen molar-refractivity contribution in [2.45, 2.75) is 39.4 Å². The van der Waals surface area contributed by atoms with Crippen LogP contribution >= 0.6 is 0 Å². The number of amides is 1. The molecule has 1 atom stereocenters. The number of carbonyl (C=O) groups is 1. The van der Waals surface area contributed by atoms with Crippen LogP contribution in [0.3, 0.4) is 0 Å². The molecule has 104 valence electrons.